The topological polar surface area (TPSA) is 23.6 Å². The molecule has 0 bridgehead atoms. The average molecular weight is 302 g/mol. The van der Waals surface area contributed by atoms with E-state index in [9.17, 15) is 4.79 Å². The number of hydrogen-bond acceptors (Lipinski definition) is 2. The summed E-state index contributed by atoms with van der Waals surface area (Å²) in [5, 5.41) is 0. The van der Waals surface area contributed by atoms with E-state index < -0.39 is 0 Å². The molecule has 122 valence electrons. The van der Waals surface area contributed by atoms with E-state index in [1.807, 2.05) is 35.2 Å². The van der Waals surface area contributed by atoms with Crippen LogP contribution in [0.4, 0.5) is 5.69 Å². The van der Waals surface area contributed by atoms with Crippen LogP contribution in [0.5, 0.6) is 0 Å². The van der Waals surface area contributed by atoms with E-state index in [0.29, 0.717) is 0 Å². The normalized spacial score (nSPS) is 21.5. The third-order valence-corrected chi connectivity index (χ3v) is 4.99. The lowest BCUT2D eigenvalue weighted by Gasteiger charge is -2.56. The van der Waals surface area contributed by atoms with E-state index in [-0.39, 0.29) is 23.0 Å². The Labute approximate surface area is 135 Å². The Bertz CT molecular complexity index is 503. The zero-order valence-corrected chi connectivity index (χ0v) is 14.9. The molecule has 1 heterocycles. The average Bonchev–Trinajstić information content (AvgIpc) is 2.37. The number of benzene rings is 1. The maximum atomic E-state index is 12.3. The Morgan fingerprint density at radius 1 is 1.14 bits per heavy atom. The molecule has 1 aromatic rings. The van der Waals surface area contributed by atoms with Crippen molar-refractivity contribution in [3.8, 4) is 0 Å². The van der Waals surface area contributed by atoms with Gasteiger partial charge >= 0.3 is 0 Å². The Morgan fingerprint density at radius 3 is 2.05 bits per heavy atom. The number of carbonyl (C=O) groups excluding carboxylic acids is 1. The monoisotopic (exact) mass is 302 g/mol. The van der Waals surface area contributed by atoms with Crippen LogP contribution < -0.4 is 4.90 Å². The van der Waals surface area contributed by atoms with Gasteiger partial charge in [0.05, 0.1) is 0 Å². The first kappa shape index (κ1) is 17.0. The van der Waals surface area contributed by atoms with Crippen LogP contribution in [0.15, 0.2) is 30.3 Å². The van der Waals surface area contributed by atoms with Crippen LogP contribution in [0.2, 0.25) is 0 Å². The minimum Gasteiger partial charge on any atom is -0.309 e. The number of para-hydroxylation sites is 1. The first-order valence-electron chi connectivity index (χ1n) is 8.31. The molecule has 0 radical (unpaired) electrons. The number of piperidine rings is 1. The molecule has 1 amide bonds. The molecule has 0 aromatic heterocycles. The highest BCUT2D eigenvalue weighted by molar-refractivity contribution is 5.92. The van der Waals surface area contributed by atoms with E-state index in [2.05, 4.69) is 39.5 Å². The van der Waals surface area contributed by atoms with Gasteiger partial charge in [0.1, 0.15) is 0 Å². The minimum absolute atomic E-state index is 0.0870. The zero-order valence-electron chi connectivity index (χ0n) is 14.9. The molecule has 2 rings (SSSR count). The summed E-state index contributed by atoms with van der Waals surface area (Å²) in [7, 11) is 0. The maximum absolute atomic E-state index is 12.3. The van der Waals surface area contributed by atoms with Crippen molar-refractivity contribution in [3.63, 3.8) is 0 Å². The molecule has 1 fully saturated rings. The fraction of sp³-hybridized carbons (Fsp3) is 0.632. The van der Waals surface area contributed by atoms with Crippen LogP contribution in [0.1, 0.15) is 54.4 Å². The van der Waals surface area contributed by atoms with Crippen LogP contribution >= 0.6 is 0 Å². The highest BCUT2D eigenvalue weighted by Gasteiger charge is 2.46. The van der Waals surface area contributed by atoms with E-state index in [1.165, 1.54) is 0 Å². The van der Waals surface area contributed by atoms with Crippen molar-refractivity contribution < 1.29 is 4.79 Å². The molecular formula is C19H30N2O. The molecule has 22 heavy (non-hydrogen) atoms. The number of carbonyl (C=O) groups is 1. The Hall–Kier alpha value is -1.35. The first-order chi connectivity index (χ1) is 10.2. The van der Waals surface area contributed by atoms with Crippen LogP contribution in [-0.4, -0.2) is 34.5 Å². The molecule has 3 heteroatoms. The number of nitrogens with zero attached hydrogens (tertiary/aromatic N) is 2. The van der Waals surface area contributed by atoms with Gasteiger partial charge in [-0.15, -0.1) is 0 Å². The summed E-state index contributed by atoms with van der Waals surface area (Å²) in [6.07, 6.45) is 2.00. The molecular weight excluding hydrogens is 272 g/mol. The summed E-state index contributed by atoms with van der Waals surface area (Å²) < 4.78 is 0. The minimum atomic E-state index is 0.0870. The molecule has 0 unspecified atom stereocenters. The molecule has 1 saturated heterocycles. The second-order valence-electron chi connectivity index (χ2n) is 7.66. The fourth-order valence-electron chi connectivity index (χ4n) is 4.54. The molecule has 1 aromatic carbocycles. The van der Waals surface area contributed by atoms with Gasteiger partial charge in [0.25, 0.3) is 0 Å². The molecule has 0 spiro atoms. The molecule has 0 atom stereocenters. The Morgan fingerprint density at radius 2 is 1.64 bits per heavy atom. The maximum Gasteiger partial charge on any atom is 0.224 e. The van der Waals surface area contributed by atoms with Crippen molar-refractivity contribution in [3.05, 3.63) is 30.3 Å². The molecule has 1 aliphatic heterocycles. The lowest BCUT2D eigenvalue weighted by molar-refractivity contribution is -0.118. The summed E-state index contributed by atoms with van der Waals surface area (Å²) in [6, 6.07) is 10.3. The van der Waals surface area contributed by atoms with Gasteiger partial charge in [0.15, 0.2) is 0 Å². The highest BCUT2D eigenvalue weighted by atomic mass is 16.2. The van der Waals surface area contributed by atoms with Crippen molar-refractivity contribution >= 4 is 11.6 Å². The van der Waals surface area contributed by atoms with Crippen molar-refractivity contribution in [1.82, 2.24) is 4.90 Å². The predicted octanol–water partition coefficient (Wildman–Crippen LogP) is 4.08. The number of hydrogen-bond donors (Lipinski definition) is 0. The molecule has 3 nitrogen and oxygen atoms in total. The fourth-order valence-corrected chi connectivity index (χ4v) is 4.54. The van der Waals surface area contributed by atoms with Gasteiger partial charge in [-0.1, -0.05) is 25.1 Å². The molecule has 0 saturated carbocycles. The lowest BCUT2D eigenvalue weighted by atomic mass is 9.76. The second kappa shape index (κ2) is 6.04. The molecule has 1 aliphatic rings. The third-order valence-electron chi connectivity index (χ3n) is 4.99. The van der Waals surface area contributed by atoms with Gasteiger partial charge in [-0.3, -0.25) is 9.69 Å². The molecule has 0 aliphatic carbocycles. The SMILES string of the molecule is CCN1C(C)(C)CC(N(C(C)=O)c2ccccc2)CC1(C)C. The van der Waals surface area contributed by atoms with Gasteiger partial charge in [-0.2, -0.15) is 0 Å². The van der Waals surface area contributed by atoms with Crippen LogP contribution in [0.3, 0.4) is 0 Å². The summed E-state index contributed by atoms with van der Waals surface area (Å²) in [5.41, 5.74) is 1.18. The molecule has 0 N–H and O–H groups in total. The summed E-state index contributed by atoms with van der Waals surface area (Å²) in [5.74, 6) is 0.132. The van der Waals surface area contributed by atoms with Crippen LogP contribution in [0, 0.1) is 0 Å². The van der Waals surface area contributed by atoms with Crippen molar-refractivity contribution in [2.24, 2.45) is 0 Å². The van der Waals surface area contributed by atoms with E-state index in [1.54, 1.807) is 6.92 Å². The van der Waals surface area contributed by atoms with E-state index in [0.717, 1.165) is 25.1 Å². The van der Waals surface area contributed by atoms with E-state index in [4.69, 9.17) is 0 Å². The zero-order chi connectivity index (χ0) is 16.5. The quantitative estimate of drug-likeness (QED) is 0.840. The van der Waals surface area contributed by atoms with E-state index >= 15 is 0 Å². The third kappa shape index (κ3) is 3.19. The second-order valence-corrected chi connectivity index (χ2v) is 7.66. The van der Waals surface area contributed by atoms with Gasteiger partial charge in [-0.05, 0) is 59.2 Å². The predicted molar refractivity (Wildman–Crippen MR) is 93.2 cm³/mol. The number of anilines is 1. The highest BCUT2D eigenvalue weighted by Crippen LogP contribution is 2.41. The van der Waals surface area contributed by atoms with Crippen molar-refractivity contribution in [2.45, 2.75) is 71.5 Å². The standard InChI is InChI=1S/C19H30N2O/c1-7-20-18(3,4)13-17(14-19(20,5)6)21(15(2)22)16-11-9-8-10-12-16/h8-12,17H,7,13-14H2,1-6H3. The van der Waals surface area contributed by atoms with Crippen LogP contribution in [0.25, 0.3) is 0 Å². The summed E-state index contributed by atoms with van der Waals surface area (Å²) in [4.78, 5) is 16.9. The van der Waals surface area contributed by atoms with Crippen LogP contribution in [-0.2, 0) is 4.79 Å². The Balaban J connectivity index is 2.36. The number of likely N-dealkylation sites (tertiary alicyclic amines) is 1. The van der Waals surface area contributed by atoms with Gasteiger partial charge in [-0.25, -0.2) is 0 Å². The Kier molecular flexibility index (Phi) is 4.67. The summed E-state index contributed by atoms with van der Waals surface area (Å²) in [6.45, 7) is 14.1. The lowest BCUT2D eigenvalue weighted by Crippen LogP contribution is -2.64. The smallest absolute Gasteiger partial charge is 0.224 e. The van der Waals surface area contributed by atoms with Gasteiger partial charge < -0.3 is 4.90 Å². The van der Waals surface area contributed by atoms with Crippen molar-refractivity contribution in [1.29, 1.82) is 0 Å². The largest absolute Gasteiger partial charge is 0.309 e. The number of amides is 1. The van der Waals surface area contributed by atoms with Crippen molar-refractivity contribution in [2.75, 3.05) is 11.4 Å². The van der Waals surface area contributed by atoms with Gasteiger partial charge in [0, 0.05) is 29.7 Å². The van der Waals surface area contributed by atoms with Gasteiger partial charge in [0.2, 0.25) is 5.91 Å². The first-order valence-corrected chi connectivity index (χ1v) is 8.31. The number of rotatable bonds is 3. The summed E-state index contributed by atoms with van der Waals surface area (Å²) >= 11 is 0.